The van der Waals surface area contributed by atoms with Gasteiger partial charge in [0, 0.05) is 0 Å². The lowest BCUT2D eigenvalue weighted by Crippen LogP contribution is -2.44. The van der Waals surface area contributed by atoms with Crippen LogP contribution in [0.5, 0.6) is 0 Å². The van der Waals surface area contributed by atoms with Crippen LogP contribution in [0.3, 0.4) is 0 Å². The van der Waals surface area contributed by atoms with E-state index in [0.29, 0.717) is 5.92 Å². The number of piperidine rings is 1. The molecule has 2 aliphatic rings. The summed E-state index contributed by atoms with van der Waals surface area (Å²) < 4.78 is 5.50. The van der Waals surface area contributed by atoms with Crippen molar-refractivity contribution < 1.29 is 9.53 Å². The van der Waals surface area contributed by atoms with Crippen molar-refractivity contribution in [1.29, 1.82) is 0 Å². The highest BCUT2D eigenvalue weighted by atomic mass is 16.5. The zero-order valence-corrected chi connectivity index (χ0v) is 9.50. The van der Waals surface area contributed by atoms with E-state index in [2.05, 4.69) is 12.2 Å². The molecular formula is C12H21NO2. The number of carbonyl (C=O) groups is 1. The first kappa shape index (κ1) is 10.9. The fraction of sp³-hybridized carbons (Fsp3) is 0.917. The molecule has 15 heavy (non-hydrogen) atoms. The highest BCUT2D eigenvalue weighted by Crippen LogP contribution is 2.23. The molecule has 1 saturated heterocycles. The van der Waals surface area contributed by atoms with E-state index in [1.807, 2.05) is 0 Å². The Kier molecular flexibility index (Phi) is 3.62. The van der Waals surface area contributed by atoms with E-state index in [0.717, 1.165) is 25.8 Å². The molecule has 2 rings (SSSR count). The summed E-state index contributed by atoms with van der Waals surface area (Å²) in [5.41, 5.74) is 0. The van der Waals surface area contributed by atoms with Crippen molar-refractivity contribution in [3.8, 4) is 0 Å². The molecule has 1 heterocycles. The normalized spacial score (nSPS) is 32.9. The molecule has 0 spiro atoms. The first-order chi connectivity index (χ1) is 7.25. The van der Waals surface area contributed by atoms with Gasteiger partial charge in [-0.15, -0.1) is 0 Å². The van der Waals surface area contributed by atoms with E-state index < -0.39 is 0 Å². The van der Waals surface area contributed by atoms with E-state index in [4.69, 9.17) is 4.74 Å². The minimum absolute atomic E-state index is 0.0200. The Labute approximate surface area is 91.6 Å². The first-order valence-corrected chi connectivity index (χ1v) is 6.19. The second-order valence-corrected chi connectivity index (χ2v) is 4.98. The number of ether oxygens (including phenoxy) is 1. The smallest absolute Gasteiger partial charge is 0.323 e. The molecule has 0 aromatic rings. The van der Waals surface area contributed by atoms with Crippen LogP contribution in [-0.2, 0) is 9.53 Å². The Bertz CT molecular complexity index is 224. The van der Waals surface area contributed by atoms with Gasteiger partial charge in [0.2, 0.25) is 0 Å². The maximum atomic E-state index is 11.8. The van der Waals surface area contributed by atoms with Gasteiger partial charge in [0.05, 0.1) is 0 Å². The molecule has 1 saturated carbocycles. The minimum atomic E-state index is -0.0469. The van der Waals surface area contributed by atoms with Gasteiger partial charge < -0.3 is 10.1 Å². The van der Waals surface area contributed by atoms with Crippen LogP contribution in [0.4, 0.5) is 0 Å². The van der Waals surface area contributed by atoms with E-state index >= 15 is 0 Å². The Morgan fingerprint density at radius 3 is 2.67 bits per heavy atom. The fourth-order valence-corrected chi connectivity index (χ4v) is 2.54. The van der Waals surface area contributed by atoms with Crippen LogP contribution in [0, 0.1) is 5.92 Å². The van der Waals surface area contributed by atoms with Crippen LogP contribution in [0.15, 0.2) is 0 Å². The summed E-state index contributed by atoms with van der Waals surface area (Å²) in [7, 11) is 0. The van der Waals surface area contributed by atoms with Crippen molar-refractivity contribution in [2.75, 3.05) is 6.54 Å². The van der Waals surface area contributed by atoms with Crippen LogP contribution in [0.1, 0.15) is 45.4 Å². The number of carbonyl (C=O) groups excluding carboxylic acids is 1. The summed E-state index contributed by atoms with van der Waals surface area (Å²) in [6, 6.07) is -0.0469. The molecule has 86 valence electrons. The third-order valence-corrected chi connectivity index (χ3v) is 3.54. The first-order valence-electron chi connectivity index (χ1n) is 6.19. The second-order valence-electron chi connectivity index (χ2n) is 4.98. The maximum absolute atomic E-state index is 11.8. The molecule has 0 bridgehead atoms. The molecule has 2 unspecified atom stereocenters. The van der Waals surface area contributed by atoms with Crippen LogP contribution in [0.25, 0.3) is 0 Å². The number of nitrogens with one attached hydrogen (secondary N) is 1. The Morgan fingerprint density at radius 2 is 2.00 bits per heavy atom. The highest BCUT2D eigenvalue weighted by Gasteiger charge is 2.28. The highest BCUT2D eigenvalue weighted by molar-refractivity contribution is 5.76. The van der Waals surface area contributed by atoms with E-state index in [-0.39, 0.29) is 18.1 Å². The monoisotopic (exact) mass is 211 g/mol. The summed E-state index contributed by atoms with van der Waals surface area (Å²) in [4.78, 5) is 11.8. The number of esters is 1. The average molecular weight is 211 g/mol. The van der Waals surface area contributed by atoms with Crippen LogP contribution in [-0.4, -0.2) is 24.7 Å². The van der Waals surface area contributed by atoms with E-state index in [1.165, 1.54) is 19.3 Å². The van der Waals surface area contributed by atoms with Crippen molar-refractivity contribution >= 4 is 5.97 Å². The standard InChI is InChI=1S/C12H21NO2/c1-9-6-7-13-11(8-9)12(14)15-10-4-2-3-5-10/h9-11,13H,2-8H2,1H3. The van der Waals surface area contributed by atoms with Gasteiger partial charge in [0.15, 0.2) is 0 Å². The summed E-state index contributed by atoms with van der Waals surface area (Å²) >= 11 is 0. The SMILES string of the molecule is CC1CCNC(C(=O)OC2CCCC2)C1. The summed E-state index contributed by atoms with van der Waals surface area (Å²) in [5, 5.41) is 3.25. The van der Waals surface area contributed by atoms with Crippen molar-refractivity contribution in [2.45, 2.75) is 57.6 Å². The van der Waals surface area contributed by atoms with Crippen LogP contribution < -0.4 is 5.32 Å². The third-order valence-electron chi connectivity index (χ3n) is 3.54. The fourth-order valence-electron chi connectivity index (χ4n) is 2.54. The lowest BCUT2D eigenvalue weighted by Gasteiger charge is -2.27. The molecule has 1 aliphatic heterocycles. The lowest BCUT2D eigenvalue weighted by molar-refractivity contribution is -0.152. The number of hydrogen-bond acceptors (Lipinski definition) is 3. The van der Waals surface area contributed by atoms with Gasteiger partial charge in [0.25, 0.3) is 0 Å². The third kappa shape index (κ3) is 2.94. The van der Waals surface area contributed by atoms with Crippen molar-refractivity contribution in [2.24, 2.45) is 5.92 Å². The largest absolute Gasteiger partial charge is 0.461 e. The van der Waals surface area contributed by atoms with Gasteiger partial charge in [-0.25, -0.2) is 0 Å². The van der Waals surface area contributed by atoms with Gasteiger partial charge in [-0.2, -0.15) is 0 Å². The van der Waals surface area contributed by atoms with Crippen molar-refractivity contribution in [3.05, 3.63) is 0 Å². The molecule has 3 heteroatoms. The summed E-state index contributed by atoms with van der Waals surface area (Å²) in [5.74, 6) is 0.626. The Morgan fingerprint density at radius 1 is 1.27 bits per heavy atom. The van der Waals surface area contributed by atoms with Gasteiger partial charge >= 0.3 is 5.97 Å². The maximum Gasteiger partial charge on any atom is 0.323 e. The summed E-state index contributed by atoms with van der Waals surface area (Å²) in [6.45, 7) is 3.16. The molecule has 2 fully saturated rings. The lowest BCUT2D eigenvalue weighted by atomic mass is 9.94. The van der Waals surface area contributed by atoms with Gasteiger partial charge in [-0.1, -0.05) is 6.92 Å². The van der Waals surface area contributed by atoms with Crippen LogP contribution in [0.2, 0.25) is 0 Å². The van der Waals surface area contributed by atoms with Crippen molar-refractivity contribution in [3.63, 3.8) is 0 Å². The predicted octanol–water partition coefficient (Wildman–Crippen LogP) is 1.86. The molecule has 0 radical (unpaired) electrons. The molecule has 0 aromatic heterocycles. The zero-order chi connectivity index (χ0) is 10.7. The Hall–Kier alpha value is -0.570. The molecule has 2 atom stereocenters. The number of rotatable bonds is 2. The van der Waals surface area contributed by atoms with Crippen molar-refractivity contribution in [1.82, 2.24) is 5.32 Å². The average Bonchev–Trinajstić information content (AvgIpc) is 2.70. The minimum Gasteiger partial charge on any atom is -0.461 e. The Balaban J connectivity index is 1.78. The molecule has 3 nitrogen and oxygen atoms in total. The van der Waals surface area contributed by atoms with Gasteiger partial charge in [-0.05, 0) is 51.0 Å². The number of hydrogen-bond donors (Lipinski definition) is 1. The predicted molar refractivity (Wildman–Crippen MR) is 58.5 cm³/mol. The van der Waals surface area contributed by atoms with Gasteiger partial charge in [-0.3, -0.25) is 4.79 Å². The molecule has 0 amide bonds. The van der Waals surface area contributed by atoms with E-state index in [9.17, 15) is 4.79 Å². The zero-order valence-electron chi connectivity index (χ0n) is 9.50. The molecule has 1 aliphatic carbocycles. The quantitative estimate of drug-likeness (QED) is 0.708. The second kappa shape index (κ2) is 4.97. The molecule has 1 N–H and O–H groups in total. The molecular weight excluding hydrogens is 190 g/mol. The molecule has 0 aromatic carbocycles. The van der Waals surface area contributed by atoms with E-state index in [1.54, 1.807) is 0 Å². The summed E-state index contributed by atoms with van der Waals surface area (Å²) in [6.07, 6.45) is 6.87. The topological polar surface area (TPSA) is 38.3 Å². The van der Waals surface area contributed by atoms with Crippen LogP contribution >= 0.6 is 0 Å². The van der Waals surface area contributed by atoms with Gasteiger partial charge in [0.1, 0.15) is 12.1 Å².